The van der Waals surface area contributed by atoms with Gasteiger partial charge in [0.1, 0.15) is 17.7 Å². The Morgan fingerprint density at radius 3 is 2.47 bits per heavy atom. The molecule has 0 aliphatic heterocycles. The second-order valence-electron chi connectivity index (χ2n) is 3.31. The Hall–Kier alpha value is -1.86. The zero-order valence-corrected chi connectivity index (χ0v) is 9.47. The monoisotopic (exact) mass is 247 g/mol. The van der Waals surface area contributed by atoms with Gasteiger partial charge < -0.3 is 0 Å². The average Bonchev–Trinajstić information content (AvgIpc) is 2.31. The van der Waals surface area contributed by atoms with Crippen molar-refractivity contribution in [2.75, 3.05) is 0 Å². The molecule has 0 amide bonds. The molecule has 0 aromatic heterocycles. The molecule has 0 N–H and O–H groups in total. The predicted octanol–water partition coefficient (Wildman–Crippen LogP) is 3.99. The molecule has 0 atom stereocenters. The molecule has 17 heavy (non-hydrogen) atoms. The second kappa shape index (κ2) is 4.98. The van der Waals surface area contributed by atoms with Crippen molar-refractivity contribution in [3.63, 3.8) is 0 Å². The molecule has 2 rings (SSSR count). The number of hydrogen-bond acceptors (Lipinski definition) is 2. The SMILES string of the molecule is N#Cc1cc(F)ccc1Sc1cccc(F)c1. The predicted molar refractivity (Wildman–Crippen MR) is 61.6 cm³/mol. The number of nitriles is 1. The third-order valence-electron chi connectivity index (χ3n) is 2.09. The van der Waals surface area contributed by atoms with Gasteiger partial charge in [-0.05, 0) is 36.4 Å². The normalized spacial score (nSPS) is 9.94. The molecule has 1 nitrogen and oxygen atoms in total. The topological polar surface area (TPSA) is 23.8 Å². The first-order valence-corrected chi connectivity index (χ1v) is 5.64. The molecule has 0 aliphatic rings. The third kappa shape index (κ3) is 2.83. The van der Waals surface area contributed by atoms with Crippen LogP contribution < -0.4 is 0 Å². The smallest absolute Gasteiger partial charge is 0.124 e. The van der Waals surface area contributed by atoms with E-state index in [1.165, 1.54) is 42.1 Å². The van der Waals surface area contributed by atoms with Gasteiger partial charge in [-0.3, -0.25) is 0 Å². The molecule has 84 valence electrons. The summed E-state index contributed by atoms with van der Waals surface area (Å²) in [5, 5.41) is 8.87. The highest BCUT2D eigenvalue weighted by Crippen LogP contribution is 2.30. The lowest BCUT2D eigenvalue weighted by molar-refractivity contribution is 0.624. The summed E-state index contributed by atoms with van der Waals surface area (Å²) >= 11 is 1.23. The van der Waals surface area contributed by atoms with Crippen LogP contribution in [0.3, 0.4) is 0 Å². The Morgan fingerprint density at radius 1 is 1.00 bits per heavy atom. The molecular weight excluding hydrogens is 240 g/mol. The van der Waals surface area contributed by atoms with E-state index in [-0.39, 0.29) is 11.4 Å². The Bertz CT molecular complexity index is 590. The number of halogens is 2. The van der Waals surface area contributed by atoms with Gasteiger partial charge in [0.15, 0.2) is 0 Å². The molecule has 2 aromatic carbocycles. The molecule has 4 heteroatoms. The van der Waals surface area contributed by atoms with Gasteiger partial charge in [0.05, 0.1) is 5.56 Å². The highest BCUT2D eigenvalue weighted by molar-refractivity contribution is 7.99. The summed E-state index contributed by atoms with van der Waals surface area (Å²) < 4.78 is 25.9. The summed E-state index contributed by atoms with van der Waals surface area (Å²) in [6.45, 7) is 0. The summed E-state index contributed by atoms with van der Waals surface area (Å²) in [6, 6.07) is 11.9. The van der Waals surface area contributed by atoms with Crippen molar-refractivity contribution >= 4 is 11.8 Å². The van der Waals surface area contributed by atoms with Crippen LogP contribution in [0.4, 0.5) is 8.78 Å². The van der Waals surface area contributed by atoms with E-state index in [2.05, 4.69) is 0 Å². The van der Waals surface area contributed by atoms with Crippen LogP contribution in [0.1, 0.15) is 5.56 Å². The Morgan fingerprint density at radius 2 is 1.76 bits per heavy atom. The molecule has 0 heterocycles. The van der Waals surface area contributed by atoms with E-state index in [0.717, 1.165) is 0 Å². The third-order valence-corrected chi connectivity index (χ3v) is 3.15. The number of benzene rings is 2. The highest BCUT2D eigenvalue weighted by Gasteiger charge is 2.06. The lowest BCUT2D eigenvalue weighted by Crippen LogP contribution is -1.84. The van der Waals surface area contributed by atoms with E-state index in [9.17, 15) is 8.78 Å². The first-order chi connectivity index (χ1) is 8.19. The Balaban J connectivity index is 2.34. The van der Waals surface area contributed by atoms with Crippen LogP contribution in [-0.4, -0.2) is 0 Å². The molecule has 2 aromatic rings. The lowest BCUT2D eigenvalue weighted by Gasteiger charge is -2.03. The fraction of sp³-hybridized carbons (Fsp3) is 0. The maximum Gasteiger partial charge on any atom is 0.124 e. The zero-order chi connectivity index (χ0) is 12.3. The van der Waals surface area contributed by atoms with Gasteiger partial charge in [-0.1, -0.05) is 17.8 Å². The molecule has 0 saturated heterocycles. The Kier molecular flexibility index (Phi) is 3.40. The van der Waals surface area contributed by atoms with Crippen LogP contribution >= 0.6 is 11.8 Å². The van der Waals surface area contributed by atoms with Crippen molar-refractivity contribution in [3.05, 3.63) is 59.7 Å². The summed E-state index contributed by atoms with van der Waals surface area (Å²) in [6.07, 6.45) is 0. The van der Waals surface area contributed by atoms with Crippen LogP contribution in [0.15, 0.2) is 52.3 Å². The van der Waals surface area contributed by atoms with Gasteiger partial charge in [0, 0.05) is 9.79 Å². The lowest BCUT2D eigenvalue weighted by atomic mass is 10.2. The van der Waals surface area contributed by atoms with Crippen molar-refractivity contribution in [2.45, 2.75) is 9.79 Å². The van der Waals surface area contributed by atoms with E-state index in [4.69, 9.17) is 5.26 Å². The second-order valence-corrected chi connectivity index (χ2v) is 4.43. The largest absolute Gasteiger partial charge is 0.207 e. The standard InChI is InChI=1S/C13H7F2NS/c14-10-2-1-3-12(7-10)17-13-5-4-11(15)6-9(13)8-16/h1-7H. The van der Waals surface area contributed by atoms with Gasteiger partial charge >= 0.3 is 0 Å². The van der Waals surface area contributed by atoms with Crippen LogP contribution in [0, 0.1) is 23.0 Å². The summed E-state index contributed by atoms with van der Waals surface area (Å²) in [7, 11) is 0. The molecule has 0 saturated carbocycles. The molecule has 0 unspecified atom stereocenters. The summed E-state index contributed by atoms with van der Waals surface area (Å²) in [5.41, 5.74) is 0.249. The van der Waals surface area contributed by atoms with E-state index in [1.54, 1.807) is 12.1 Å². The van der Waals surface area contributed by atoms with Gasteiger partial charge in [-0.25, -0.2) is 8.78 Å². The van der Waals surface area contributed by atoms with Crippen LogP contribution in [0.2, 0.25) is 0 Å². The molecule has 0 bridgehead atoms. The van der Waals surface area contributed by atoms with Gasteiger partial charge in [-0.2, -0.15) is 5.26 Å². The molecule has 0 radical (unpaired) electrons. The van der Waals surface area contributed by atoms with Gasteiger partial charge in [0.2, 0.25) is 0 Å². The van der Waals surface area contributed by atoms with E-state index in [0.29, 0.717) is 9.79 Å². The Labute approximate surface area is 102 Å². The number of rotatable bonds is 2. The zero-order valence-electron chi connectivity index (χ0n) is 8.65. The highest BCUT2D eigenvalue weighted by atomic mass is 32.2. The maximum absolute atomic E-state index is 13.0. The van der Waals surface area contributed by atoms with E-state index in [1.807, 2.05) is 6.07 Å². The fourth-order valence-electron chi connectivity index (χ4n) is 1.34. The van der Waals surface area contributed by atoms with Gasteiger partial charge in [0.25, 0.3) is 0 Å². The van der Waals surface area contributed by atoms with E-state index < -0.39 is 5.82 Å². The average molecular weight is 247 g/mol. The fourth-order valence-corrected chi connectivity index (χ4v) is 2.26. The van der Waals surface area contributed by atoms with Crippen LogP contribution in [0.25, 0.3) is 0 Å². The van der Waals surface area contributed by atoms with E-state index >= 15 is 0 Å². The summed E-state index contributed by atoms with van der Waals surface area (Å²) in [5.74, 6) is -0.791. The first-order valence-electron chi connectivity index (χ1n) is 4.82. The minimum Gasteiger partial charge on any atom is -0.207 e. The molecule has 0 aliphatic carbocycles. The van der Waals surface area contributed by atoms with Crippen molar-refractivity contribution in [3.8, 4) is 6.07 Å². The maximum atomic E-state index is 13.0. The number of nitrogens with zero attached hydrogens (tertiary/aromatic N) is 1. The minimum absolute atomic E-state index is 0.249. The van der Waals surface area contributed by atoms with Crippen molar-refractivity contribution in [1.82, 2.24) is 0 Å². The number of hydrogen-bond donors (Lipinski definition) is 0. The molecular formula is C13H7F2NS. The molecule has 0 spiro atoms. The van der Waals surface area contributed by atoms with Crippen molar-refractivity contribution in [1.29, 1.82) is 5.26 Å². The molecule has 0 fully saturated rings. The van der Waals surface area contributed by atoms with Gasteiger partial charge in [-0.15, -0.1) is 0 Å². The van der Waals surface area contributed by atoms with Crippen molar-refractivity contribution in [2.24, 2.45) is 0 Å². The first kappa shape index (κ1) is 11.6. The van der Waals surface area contributed by atoms with Crippen LogP contribution in [-0.2, 0) is 0 Å². The quantitative estimate of drug-likeness (QED) is 0.801. The van der Waals surface area contributed by atoms with Crippen molar-refractivity contribution < 1.29 is 8.78 Å². The van der Waals surface area contributed by atoms with Crippen LogP contribution in [0.5, 0.6) is 0 Å². The minimum atomic E-state index is -0.454. The summed E-state index contributed by atoms with van der Waals surface area (Å²) in [4.78, 5) is 1.28.